The van der Waals surface area contributed by atoms with Gasteiger partial charge >= 0.3 is 5.97 Å². The Labute approximate surface area is 105 Å². The number of nitrogens with zero attached hydrogens (tertiary/aromatic N) is 2. The van der Waals surface area contributed by atoms with Crippen molar-refractivity contribution in [2.24, 2.45) is 0 Å². The molecule has 0 N–H and O–H groups in total. The van der Waals surface area contributed by atoms with Crippen LogP contribution in [-0.4, -0.2) is 27.8 Å². The van der Waals surface area contributed by atoms with Crippen LogP contribution in [0.4, 0.5) is 0 Å². The molecule has 0 unspecified atom stereocenters. The molecule has 0 aliphatic carbocycles. The minimum Gasteiger partial charge on any atom is -0.475 e. The summed E-state index contributed by atoms with van der Waals surface area (Å²) in [5, 5.41) is 4.11. The number of ether oxygens (including phenoxy) is 2. The molecule has 0 fully saturated rings. The maximum Gasteiger partial charge on any atom is 0.349 e. The molecule has 5 nitrogen and oxygen atoms in total. The first kappa shape index (κ1) is 12.4. The maximum absolute atomic E-state index is 11.7. The predicted octanol–water partition coefficient (Wildman–Crippen LogP) is 2.05. The standard InChI is InChI=1S/C13H16N2O3/c1-4-17-12(16)13(2,3)18-11-6-5-10-7-8-14-15(10)9-11/h5-9H,4H2,1-3H3. The van der Waals surface area contributed by atoms with Gasteiger partial charge < -0.3 is 9.47 Å². The van der Waals surface area contributed by atoms with Crippen LogP contribution in [0, 0.1) is 0 Å². The van der Waals surface area contributed by atoms with Gasteiger partial charge in [-0.3, -0.25) is 0 Å². The van der Waals surface area contributed by atoms with Crippen LogP contribution >= 0.6 is 0 Å². The molecule has 0 atom stereocenters. The van der Waals surface area contributed by atoms with E-state index in [1.807, 2.05) is 12.1 Å². The van der Waals surface area contributed by atoms with Gasteiger partial charge in [-0.1, -0.05) is 0 Å². The quantitative estimate of drug-likeness (QED) is 0.777. The number of rotatable bonds is 4. The van der Waals surface area contributed by atoms with Crippen molar-refractivity contribution < 1.29 is 14.3 Å². The molecule has 5 heteroatoms. The first-order valence-corrected chi connectivity index (χ1v) is 5.82. The normalized spacial score (nSPS) is 11.5. The van der Waals surface area contributed by atoms with Gasteiger partial charge in [0.15, 0.2) is 5.60 Å². The van der Waals surface area contributed by atoms with Gasteiger partial charge in [0.05, 0.1) is 18.3 Å². The van der Waals surface area contributed by atoms with E-state index in [-0.39, 0.29) is 5.97 Å². The number of pyridine rings is 1. The highest BCUT2D eigenvalue weighted by atomic mass is 16.6. The largest absolute Gasteiger partial charge is 0.475 e. The SMILES string of the molecule is CCOC(=O)C(C)(C)Oc1ccc2ccnn2c1. The van der Waals surface area contributed by atoms with Gasteiger partial charge in [-0.15, -0.1) is 0 Å². The van der Waals surface area contributed by atoms with Gasteiger partial charge in [-0.25, -0.2) is 9.31 Å². The summed E-state index contributed by atoms with van der Waals surface area (Å²) in [5.74, 6) is 0.190. The lowest BCUT2D eigenvalue weighted by atomic mass is 10.1. The second kappa shape index (κ2) is 4.68. The number of carbonyl (C=O) groups is 1. The molecule has 2 heterocycles. The molecular formula is C13H16N2O3. The lowest BCUT2D eigenvalue weighted by molar-refractivity contribution is -0.158. The van der Waals surface area contributed by atoms with Crippen molar-refractivity contribution in [3.8, 4) is 5.75 Å². The third-order valence-corrected chi connectivity index (χ3v) is 2.51. The molecule has 0 radical (unpaired) electrons. The van der Waals surface area contributed by atoms with E-state index in [0.29, 0.717) is 12.4 Å². The van der Waals surface area contributed by atoms with E-state index in [9.17, 15) is 4.79 Å². The van der Waals surface area contributed by atoms with Crippen LogP contribution in [0.3, 0.4) is 0 Å². The van der Waals surface area contributed by atoms with E-state index in [2.05, 4.69) is 5.10 Å². The molecule has 0 aliphatic rings. The number of aromatic nitrogens is 2. The van der Waals surface area contributed by atoms with Crippen LogP contribution in [0.2, 0.25) is 0 Å². The van der Waals surface area contributed by atoms with E-state index >= 15 is 0 Å². The Bertz CT molecular complexity index is 560. The summed E-state index contributed by atoms with van der Waals surface area (Å²) in [7, 11) is 0. The fraction of sp³-hybridized carbons (Fsp3) is 0.385. The summed E-state index contributed by atoms with van der Waals surface area (Å²) < 4.78 is 12.3. The Morgan fingerprint density at radius 2 is 2.17 bits per heavy atom. The third-order valence-electron chi connectivity index (χ3n) is 2.51. The molecule has 0 aliphatic heterocycles. The zero-order chi connectivity index (χ0) is 13.2. The number of fused-ring (bicyclic) bond motifs is 1. The molecule has 0 bridgehead atoms. The highest BCUT2D eigenvalue weighted by molar-refractivity contribution is 5.79. The molecular weight excluding hydrogens is 232 g/mol. The van der Waals surface area contributed by atoms with Crippen molar-refractivity contribution in [2.75, 3.05) is 6.61 Å². The van der Waals surface area contributed by atoms with E-state index in [0.717, 1.165) is 5.52 Å². The van der Waals surface area contributed by atoms with Gasteiger partial charge in [0.25, 0.3) is 0 Å². The van der Waals surface area contributed by atoms with Crippen LogP contribution in [-0.2, 0) is 9.53 Å². The fourth-order valence-electron chi connectivity index (χ4n) is 1.60. The lowest BCUT2D eigenvalue weighted by Gasteiger charge is -2.23. The molecule has 0 aromatic carbocycles. The van der Waals surface area contributed by atoms with E-state index in [4.69, 9.17) is 9.47 Å². The molecule has 0 amide bonds. The Morgan fingerprint density at radius 3 is 2.89 bits per heavy atom. The molecule has 0 saturated carbocycles. The summed E-state index contributed by atoms with van der Waals surface area (Å²) in [4.78, 5) is 11.7. The Kier molecular flexibility index (Phi) is 3.23. The molecule has 0 spiro atoms. The molecule has 2 rings (SSSR count). The minimum absolute atomic E-state index is 0.337. The molecule has 18 heavy (non-hydrogen) atoms. The lowest BCUT2D eigenvalue weighted by Crippen LogP contribution is -2.39. The highest BCUT2D eigenvalue weighted by Crippen LogP contribution is 2.20. The summed E-state index contributed by atoms with van der Waals surface area (Å²) in [6.45, 7) is 5.46. The summed E-state index contributed by atoms with van der Waals surface area (Å²) in [6.07, 6.45) is 3.44. The van der Waals surface area contributed by atoms with Crippen LogP contribution in [0.25, 0.3) is 5.52 Å². The second-order valence-corrected chi connectivity index (χ2v) is 4.40. The predicted molar refractivity (Wildman–Crippen MR) is 66.5 cm³/mol. The van der Waals surface area contributed by atoms with Gasteiger partial charge in [-0.05, 0) is 39.0 Å². The van der Waals surface area contributed by atoms with Crippen molar-refractivity contribution in [1.29, 1.82) is 0 Å². The summed E-state index contributed by atoms with van der Waals surface area (Å²) in [6, 6.07) is 5.57. The molecule has 2 aromatic rings. The average Bonchev–Trinajstić information content (AvgIpc) is 2.76. The number of hydrogen-bond acceptors (Lipinski definition) is 4. The Balaban J connectivity index is 2.19. The highest BCUT2D eigenvalue weighted by Gasteiger charge is 2.31. The van der Waals surface area contributed by atoms with Crippen LogP contribution < -0.4 is 4.74 Å². The summed E-state index contributed by atoms with van der Waals surface area (Å²) >= 11 is 0. The molecule has 0 saturated heterocycles. The van der Waals surface area contributed by atoms with Gasteiger partial charge in [0, 0.05) is 6.20 Å². The maximum atomic E-state index is 11.7. The smallest absolute Gasteiger partial charge is 0.349 e. The van der Waals surface area contributed by atoms with Crippen LogP contribution in [0.5, 0.6) is 5.75 Å². The Morgan fingerprint density at radius 1 is 1.39 bits per heavy atom. The van der Waals surface area contributed by atoms with E-state index in [1.54, 1.807) is 43.7 Å². The molecule has 96 valence electrons. The number of esters is 1. The van der Waals surface area contributed by atoms with E-state index < -0.39 is 5.60 Å². The van der Waals surface area contributed by atoms with Crippen molar-refractivity contribution in [3.63, 3.8) is 0 Å². The van der Waals surface area contributed by atoms with Gasteiger partial charge in [0.1, 0.15) is 5.75 Å². The Hall–Kier alpha value is -2.04. The van der Waals surface area contributed by atoms with Crippen molar-refractivity contribution >= 4 is 11.5 Å². The zero-order valence-corrected chi connectivity index (χ0v) is 10.7. The third kappa shape index (κ3) is 2.45. The number of hydrogen-bond donors (Lipinski definition) is 0. The van der Waals surface area contributed by atoms with Gasteiger partial charge in [0.2, 0.25) is 0 Å². The topological polar surface area (TPSA) is 52.8 Å². The fourth-order valence-corrected chi connectivity index (χ4v) is 1.60. The summed E-state index contributed by atoms with van der Waals surface area (Å²) in [5.41, 5.74) is -0.0482. The van der Waals surface area contributed by atoms with Crippen molar-refractivity contribution in [2.45, 2.75) is 26.4 Å². The van der Waals surface area contributed by atoms with Crippen molar-refractivity contribution in [3.05, 3.63) is 30.6 Å². The monoisotopic (exact) mass is 248 g/mol. The van der Waals surface area contributed by atoms with Crippen LogP contribution in [0.15, 0.2) is 30.6 Å². The average molecular weight is 248 g/mol. The first-order valence-electron chi connectivity index (χ1n) is 5.82. The number of carbonyl (C=O) groups excluding carboxylic acids is 1. The van der Waals surface area contributed by atoms with Crippen LogP contribution in [0.1, 0.15) is 20.8 Å². The van der Waals surface area contributed by atoms with E-state index in [1.165, 1.54) is 0 Å². The molecule has 2 aromatic heterocycles. The van der Waals surface area contributed by atoms with Crippen molar-refractivity contribution in [1.82, 2.24) is 9.61 Å². The van der Waals surface area contributed by atoms with Gasteiger partial charge in [-0.2, -0.15) is 5.10 Å². The minimum atomic E-state index is -1.02. The zero-order valence-electron chi connectivity index (χ0n) is 10.7. The first-order chi connectivity index (χ1) is 8.53. The second-order valence-electron chi connectivity index (χ2n) is 4.40.